The van der Waals surface area contributed by atoms with Gasteiger partial charge in [-0.15, -0.1) is 0 Å². The fraction of sp³-hybridized carbons (Fsp3) is 0.737. The van der Waals surface area contributed by atoms with Crippen LogP contribution in [0.2, 0.25) is 0 Å². The highest BCUT2D eigenvalue weighted by Crippen LogP contribution is 2.27. The molecule has 0 aromatic carbocycles. The zero-order valence-electron chi connectivity index (χ0n) is 15.9. The molecule has 1 amide bonds. The van der Waals surface area contributed by atoms with Crippen LogP contribution in [0.25, 0.3) is 0 Å². The topological polar surface area (TPSA) is 67.5 Å². The fourth-order valence-electron chi connectivity index (χ4n) is 4.08. The number of amides is 1. The molecule has 0 atom stereocenters. The van der Waals surface area contributed by atoms with Gasteiger partial charge in [0.05, 0.1) is 0 Å². The smallest absolute Gasteiger partial charge is 0.330 e. The summed E-state index contributed by atoms with van der Waals surface area (Å²) in [5.41, 5.74) is 0.151. The van der Waals surface area contributed by atoms with E-state index in [-0.39, 0.29) is 17.2 Å². The van der Waals surface area contributed by atoms with Gasteiger partial charge in [-0.25, -0.2) is 4.79 Å². The number of piperazine rings is 1. The minimum atomic E-state index is -0.297. The Morgan fingerprint density at radius 2 is 1.65 bits per heavy atom. The van der Waals surface area contributed by atoms with E-state index in [4.69, 9.17) is 0 Å². The van der Waals surface area contributed by atoms with E-state index >= 15 is 0 Å². The number of rotatable bonds is 4. The zero-order chi connectivity index (χ0) is 18.7. The monoisotopic (exact) mass is 362 g/mol. The summed E-state index contributed by atoms with van der Waals surface area (Å²) in [6.07, 6.45) is 6.94. The second-order valence-corrected chi connectivity index (χ2v) is 7.74. The molecule has 2 heterocycles. The molecule has 7 heteroatoms. The summed E-state index contributed by atoms with van der Waals surface area (Å²) in [7, 11) is 3.19. The van der Waals surface area contributed by atoms with Gasteiger partial charge in [-0.2, -0.15) is 0 Å². The van der Waals surface area contributed by atoms with Crippen LogP contribution in [0.5, 0.6) is 0 Å². The van der Waals surface area contributed by atoms with Crippen LogP contribution in [0.4, 0.5) is 0 Å². The molecule has 1 saturated carbocycles. The molecule has 144 valence electrons. The predicted molar refractivity (Wildman–Crippen MR) is 100.0 cm³/mol. The van der Waals surface area contributed by atoms with Gasteiger partial charge >= 0.3 is 5.69 Å². The predicted octanol–water partition coefficient (Wildman–Crippen LogP) is 0.699. The molecule has 0 radical (unpaired) electrons. The maximum atomic E-state index is 12.5. The third-order valence-corrected chi connectivity index (χ3v) is 5.92. The van der Waals surface area contributed by atoms with Crippen molar-refractivity contribution in [2.45, 2.75) is 45.1 Å². The molecule has 26 heavy (non-hydrogen) atoms. The molecule has 0 bridgehead atoms. The van der Waals surface area contributed by atoms with Crippen LogP contribution < -0.4 is 11.2 Å². The molecule has 0 unspecified atom stereocenters. The number of hydrogen-bond donors (Lipinski definition) is 0. The van der Waals surface area contributed by atoms with E-state index in [9.17, 15) is 14.4 Å². The Morgan fingerprint density at radius 1 is 1.00 bits per heavy atom. The third-order valence-electron chi connectivity index (χ3n) is 5.92. The van der Waals surface area contributed by atoms with Crippen LogP contribution in [0.15, 0.2) is 15.7 Å². The minimum Gasteiger partial charge on any atom is -0.340 e. The van der Waals surface area contributed by atoms with Crippen LogP contribution in [-0.2, 0) is 25.4 Å². The highest BCUT2D eigenvalue weighted by molar-refractivity contribution is 5.76. The number of carbonyl (C=O) groups is 1. The average molecular weight is 362 g/mol. The van der Waals surface area contributed by atoms with Gasteiger partial charge in [-0.1, -0.05) is 19.3 Å². The normalized spacial score (nSPS) is 19.7. The van der Waals surface area contributed by atoms with E-state index in [0.717, 1.165) is 36.4 Å². The number of carbonyl (C=O) groups excluding carboxylic acids is 1. The molecular weight excluding hydrogens is 332 g/mol. The van der Waals surface area contributed by atoms with Gasteiger partial charge in [0.2, 0.25) is 5.91 Å². The zero-order valence-corrected chi connectivity index (χ0v) is 15.9. The van der Waals surface area contributed by atoms with Crippen molar-refractivity contribution in [3.8, 4) is 0 Å². The van der Waals surface area contributed by atoms with Crippen molar-refractivity contribution in [1.29, 1.82) is 0 Å². The van der Waals surface area contributed by atoms with E-state index < -0.39 is 0 Å². The molecule has 1 aliphatic carbocycles. The summed E-state index contributed by atoms with van der Waals surface area (Å²) in [5, 5.41) is 0. The van der Waals surface area contributed by atoms with E-state index in [2.05, 4.69) is 4.90 Å². The Hall–Kier alpha value is -1.89. The lowest BCUT2D eigenvalue weighted by molar-refractivity contribution is -0.134. The van der Waals surface area contributed by atoms with Crippen LogP contribution in [0, 0.1) is 5.92 Å². The fourth-order valence-corrected chi connectivity index (χ4v) is 4.08. The van der Waals surface area contributed by atoms with Gasteiger partial charge in [0.25, 0.3) is 5.56 Å². The van der Waals surface area contributed by atoms with Crippen molar-refractivity contribution in [3.63, 3.8) is 0 Å². The van der Waals surface area contributed by atoms with Crippen molar-refractivity contribution in [2.75, 3.05) is 26.2 Å². The third kappa shape index (κ3) is 4.26. The van der Waals surface area contributed by atoms with E-state index in [1.165, 1.54) is 49.8 Å². The first-order valence-corrected chi connectivity index (χ1v) is 9.72. The molecule has 3 rings (SSSR count). The van der Waals surface area contributed by atoms with Gasteiger partial charge in [0.15, 0.2) is 0 Å². The maximum absolute atomic E-state index is 12.5. The van der Waals surface area contributed by atoms with Gasteiger partial charge in [0.1, 0.15) is 0 Å². The van der Waals surface area contributed by atoms with Crippen LogP contribution in [-0.4, -0.2) is 51.0 Å². The SMILES string of the molecule is Cn1c(CN2CCN(C(=O)CC3CCCCC3)CC2)cc(=O)n(C)c1=O. The van der Waals surface area contributed by atoms with Gasteiger partial charge < -0.3 is 4.90 Å². The summed E-state index contributed by atoms with van der Waals surface area (Å²) < 4.78 is 2.65. The molecule has 1 aromatic heterocycles. The Morgan fingerprint density at radius 3 is 2.31 bits per heavy atom. The highest BCUT2D eigenvalue weighted by atomic mass is 16.2. The van der Waals surface area contributed by atoms with Gasteiger partial charge in [0, 0.05) is 65.0 Å². The molecular formula is C19H30N4O3. The molecule has 0 N–H and O–H groups in total. The van der Waals surface area contributed by atoms with Gasteiger partial charge in [-0.05, 0) is 18.8 Å². The lowest BCUT2D eigenvalue weighted by Crippen LogP contribution is -2.49. The quantitative estimate of drug-likeness (QED) is 0.791. The molecule has 1 aromatic rings. The Bertz CT molecular complexity index is 753. The van der Waals surface area contributed by atoms with Crippen molar-refractivity contribution in [2.24, 2.45) is 20.0 Å². The molecule has 1 saturated heterocycles. The second kappa shape index (κ2) is 8.20. The van der Waals surface area contributed by atoms with E-state index in [1.807, 2.05) is 4.90 Å². The molecule has 0 spiro atoms. The molecule has 1 aliphatic heterocycles. The van der Waals surface area contributed by atoms with Gasteiger partial charge in [-0.3, -0.25) is 23.6 Å². The Labute approximate surface area is 154 Å². The maximum Gasteiger partial charge on any atom is 0.330 e. The van der Waals surface area contributed by atoms with Crippen molar-refractivity contribution in [3.05, 3.63) is 32.6 Å². The lowest BCUT2D eigenvalue weighted by Gasteiger charge is -2.36. The van der Waals surface area contributed by atoms with Crippen LogP contribution >= 0.6 is 0 Å². The van der Waals surface area contributed by atoms with Crippen molar-refractivity contribution >= 4 is 5.91 Å². The summed E-state index contributed by atoms with van der Waals surface area (Å²) in [4.78, 5) is 40.6. The summed E-state index contributed by atoms with van der Waals surface area (Å²) in [5.74, 6) is 0.863. The first-order valence-electron chi connectivity index (χ1n) is 9.72. The lowest BCUT2D eigenvalue weighted by atomic mass is 9.86. The summed E-state index contributed by atoms with van der Waals surface area (Å²) in [6, 6.07) is 1.53. The van der Waals surface area contributed by atoms with Crippen LogP contribution in [0.3, 0.4) is 0 Å². The van der Waals surface area contributed by atoms with Crippen LogP contribution in [0.1, 0.15) is 44.2 Å². The Balaban J connectivity index is 1.53. The highest BCUT2D eigenvalue weighted by Gasteiger charge is 2.25. The van der Waals surface area contributed by atoms with Crippen molar-refractivity contribution in [1.82, 2.24) is 18.9 Å². The first-order chi connectivity index (χ1) is 12.5. The van der Waals surface area contributed by atoms with E-state index in [0.29, 0.717) is 18.9 Å². The largest absolute Gasteiger partial charge is 0.340 e. The van der Waals surface area contributed by atoms with E-state index in [1.54, 1.807) is 7.05 Å². The second-order valence-electron chi connectivity index (χ2n) is 7.74. The van der Waals surface area contributed by atoms with Crippen molar-refractivity contribution < 1.29 is 4.79 Å². The number of aromatic nitrogens is 2. The Kier molecular flexibility index (Phi) is 5.96. The number of hydrogen-bond acceptors (Lipinski definition) is 4. The first kappa shape index (κ1) is 18.9. The molecule has 2 aliphatic rings. The number of nitrogens with zero attached hydrogens (tertiary/aromatic N) is 4. The summed E-state index contributed by atoms with van der Waals surface area (Å²) >= 11 is 0. The average Bonchev–Trinajstić information content (AvgIpc) is 2.65. The summed E-state index contributed by atoms with van der Waals surface area (Å²) in [6.45, 7) is 3.57. The minimum absolute atomic E-state index is 0.274. The molecule has 7 nitrogen and oxygen atoms in total. The molecule has 2 fully saturated rings. The standard InChI is InChI=1S/C19H30N4O3/c1-20-16(13-17(24)21(2)19(20)26)14-22-8-10-23(11-9-22)18(25)12-15-6-4-3-5-7-15/h13,15H,3-12,14H2,1-2H3.